The maximum atomic E-state index is 5.40. The zero-order valence-electron chi connectivity index (χ0n) is 15.3. The van der Waals surface area contributed by atoms with Gasteiger partial charge in [0, 0.05) is 19.2 Å². The van der Waals surface area contributed by atoms with Gasteiger partial charge in [0.25, 0.3) is 0 Å². The van der Waals surface area contributed by atoms with Crippen molar-refractivity contribution in [1.29, 1.82) is 0 Å². The molecule has 0 spiro atoms. The summed E-state index contributed by atoms with van der Waals surface area (Å²) in [5.41, 5.74) is 2.86. The average Bonchev–Trinajstić information content (AvgIpc) is 2.98. The van der Waals surface area contributed by atoms with Gasteiger partial charge in [-0.1, -0.05) is 0 Å². The van der Waals surface area contributed by atoms with Crippen LogP contribution >= 0.6 is 0 Å². The van der Waals surface area contributed by atoms with E-state index in [1.54, 1.807) is 14.2 Å². The summed E-state index contributed by atoms with van der Waals surface area (Å²) in [6, 6.07) is 9.43. The van der Waals surface area contributed by atoms with E-state index in [2.05, 4.69) is 25.7 Å². The predicted molar refractivity (Wildman–Crippen MR) is 100 cm³/mol. The number of hydrogen-bond donors (Lipinski definition) is 2. The maximum absolute atomic E-state index is 5.40. The second-order valence-corrected chi connectivity index (χ2v) is 5.73. The van der Waals surface area contributed by atoms with Crippen LogP contribution in [0.15, 0.2) is 36.7 Å². The molecule has 0 aliphatic rings. The summed E-state index contributed by atoms with van der Waals surface area (Å²) < 4.78 is 12.5. The lowest BCUT2D eigenvalue weighted by Crippen LogP contribution is -2.07. The van der Waals surface area contributed by atoms with E-state index in [0.29, 0.717) is 23.9 Å². The first-order chi connectivity index (χ1) is 12.6. The van der Waals surface area contributed by atoms with Gasteiger partial charge in [0.2, 0.25) is 0 Å². The Kier molecular flexibility index (Phi) is 5.21. The molecule has 2 N–H and O–H groups in total. The fraction of sp³-hybridized carbons (Fsp3) is 0.278. The van der Waals surface area contributed by atoms with Crippen LogP contribution < -0.4 is 20.1 Å². The van der Waals surface area contributed by atoms with E-state index in [-0.39, 0.29) is 0 Å². The normalized spacial score (nSPS) is 10.5. The van der Waals surface area contributed by atoms with Crippen LogP contribution in [0.25, 0.3) is 0 Å². The van der Waals surface area contributed by atoms with Crippen molar-refractivity contribution in [3.63, 3.8) is 0 Å². The average molecular weight is 354 g/mol. The Morgan fingerprint density at radius 1 is 1.04 bits per heavy atom. The van der Waals surface area contributed by atoms with Crippen molar-refractivity contribution in [3.8, 4) is 11.5 Å². The first-order valence-corrected chi connectivity index (χ1v) is 8.13. The molecule has 0 atom stereocenters. The number of aryl methyl sites for hydroxylation is 2. The third-order valence-corrected chi connectivity index (χ3v) is 3.89. The highest BCUT2D eigenvalue weighted by atomic mass is 16.5. The second-order valence-electron chi connectivity index (χ2n) is 5.73. The zero-order valence-corrected chi connectivity index (χ0v) is 15.3. The number of ether oxygens (including phenoxy) is 2. The first kappa shape index (κ1) is 17.5. The van der Waals surface area contributed by atoms with Crippen molar-refractivity contribution >= 4 is 17.3 Å². The third kappa shape index (κ3) is 4.02. The van der Waals surface area contributed by atoms with Crippen LogP contribution in [0.4, 0.5) is 17.3 Å². The highest BCUT2D eigenvalue weighted by Gasteiger charge is 2.08. The van der Waals surface area contributed by atoms with E-state index in [4.69, 9.17) is 9.47 Å². The molecule has 0 saturated heterocycles. The Bertz CT molecular complexity index is 893. The summed E-state index contributed by atoms with van der Waals surface area (Å²) in [4.78, 5) is 8.52. The summed E-state index contributed by atoms with van der Waals surface area (Å²) in [7, 11) is 5.16. The number of methoxy groups -OCH3 is 2. The number of aromatic nitrogens is 4. The largest absolute Gasteiger partial charge is 0.497 e. The van der Waals surface area contributed by atoms with Gasteiger partial charge in [0.05, 0.1) is 37.8 Å². The molecule has 2 heterocycles. The van der Waals surface area contributed by atoms with Crippen molar-refractivity contribution < 1.29 is 9.47 Å². The van der Waals surface area contributed by atoms with Crippen LogP contribution in [-0.2, 0) is 13.6 Å². The summed E-state index contributed by atoms with van der Waals surface area (Å²) in [5.74, 6) is 2.77. The molecule has 0 saturated carbocycles. The maximum Gasteiger partial charge on any atom is 0.146 e. The molecule has 3 aromatic rings. The van der Waals surface area contributed by atoms with Crippen molar-refractivity contribution in [2.24, 2.45) is 7.05 Å². The van der Waals surface area contributed by atoms with Gasteiger partial charge in [0.15, 0.2) is 0 Å². The molecule has 8 nitrogen and oxygen atoms in total. The van der Waals surface area contributed by atoms with Gasteiger partial charge in [0.1, 0.15) is 29.5 Å². The number of nitrogens with zero attached hydrogens (tertiary/aromatic N) is 4. The number of anilines is 3. The van der Waals surface area contributed by atoms with Crippen molar-refractivity contribution in [2.75, 3.05) is 24.9 Å². The van der Waals surface area contributed by atoms with E-state index < -0.39 is 0 Å². The molecular weight excluding hydrogens is 332 g/mol. The highest BCUT2D eigenvalue weighted by Crippen LogP contribution is 2.31. The van der Waals surface area contributed by atoms with E-state index in [1.165, 1.54) is 6.33 Å². The molecule has 3 rings (SSSR count). The van der Waals surface area contributed by atoms with Gasteiger partial charge >= 0.3 is 0 Å². The minimum absolute atomic E-state index is 0.625. The van der Waals surface area contributed by atoms with E-state index in [0.717, 1.165) is 22.8 Å². The van der Waals surface area contributed by atoms with Crippen LogP contribution in [0, 0.1) is 6.92 Å². The van der Waals surface area contributed by atoms with Gasteiger partial charge in [-0.3, -0.25) is 4.68 Å². The molecule has 26 heavy (non-hydrogen) atoms. The lowest BCUT2D eigenvalue weighted by atomic mass is 10.2. The Morgan fingerprint density at radius 3 is 2.54 bits per heavy atom. The Balaban J connectivity index is 1.72. The summed E-state index contributed by atoms with van der Waals surface area (Å²) in [5, 5.41) is 10.9. The fourth-order valence-corrected chi connectivity index (χ4v) is 2.57. The number of rotatable bonds is 7. The molecule has 0 bridgehead atoms. The molecular formula is C18H22N6O2. The quantitative estimate of drug-likeness (QED) is 0.675. The standard InChI is InChI=1S/C18H22N6O2/c1-12-7-13(24(2)23-12)10-19-17-9-18(21-11-20-17)22-15-6-5-14(25-3)8-16(15)26-4/h5-9,11H,10H2,1-4H3,(H2,19,20,21,22). The van der Waals surface area contributed by atoms with E-state index >= 15 is 0 Å². The lowest BCUT2D eigenvalue weighted by molar-refractivity contribution is 0.395. The first-order valence-electron chi connectivity index (χ1n) is 8.13. The SMILES string of the molecule is COc1ccc(Nc2cc(NCc3cc(C)nn3C)ncn2)c(OC)c1. The molecule has 0 aliphatic carbocycles. The van der Waals surface area contributed by atoms with Crippen LogP contribution in [0.1, 0.15) is 11.4 Å². The summed E-state index contributed by atoms with van der Waals surface area (Å²) in [6.45, 7) is 2.60. The minimum atomic E-state index is 0.625. The van der Waals surface area contributed by atoms with E-state index in [9.17, 15) is 0 Å². The van der Waals surface area contributed by atoms with Gasteiger partial charge in [-0.25, -0.2) is 9.97 Å². The highest BCUT2D eigenvalue weighted by molar-refractivity contribution is 5.66. The zero-order chi connectivity index (χ0) is 18.5. The number of benzene rings is 1. The molecule has 0 radical (unpaired) electrons. The van der Waals surface area contributed by atoms with Gasteiger partial charge in [-0.2, -0.15) is 5.10 Å². The van der Waals surface area contributed by atoms with Crippen LogP contribution in [0.3, 0.4) is 0 Å². The van der Waals surface area contributed by atoms with E-state index in [1.807, 2.05) is 49.0 Å². The van der Waals surface area contributed by atoms with Gasteiger partial charge < -0.3 is 20.1 Å². The molecule has 0 unspecified atom stereocenters. The lowest BCUT2D eigenvalue weighted by Gasteiger charge is -2.12. The van der Waals surface area contributed by atoms with Gasteiger partial charge in [-0.05, 0) is 25.1 Å². The van der Waals surface area contributed by atoms with Crippen molar-refractivity contribution in [1.82, 2.24) is 19.7 Å². The molecule has 0 aliphatic heterocycles. The number of hydrogen-bond acceptors (Lipinski definition) is 7. The molecule has 0 amide bonds. The van der Waals surface area contributed by atoms with Crippen molar-refractivity contribution in [2.45, 2.75) is 13.5 Å². The monoisotopic (exact) mass is 354 g/mol. The Morgan fingerprint density at radius 2 is 1.85 bits per heavy atom. The molecule has 1 aromatic carbocycles. The van der Waals surface area contributed by atoms with Crippen LogP contribution in [-0.4, -0.2) is 34.0 Å². The van der Waals surface area contributed by atoms with Crippen molar-refractivity contribution in [3.05, 3.63) is 48.0 Å². The van der Waals surface area contributed by atoms with Crippen LogP contribution in [0.2, 0.25) is 0 Å². The molecule has 2 aromatic heterocycles. The predicted octanol–water partition coefficient (Wildman–Crippen LogP) is 2.89. The van der Waals surface area contributed by atoms with Crippen LogP contribution in [0.5, 0.6) is 11.5 Å². The molecule has 136 valence electrons. The third-order valence-electron chi connectivity index (χ3n) is 3.89. The summed E-state index contributed by atoms with van der Waals surface area (Å²) >= 11 is 0. The second kappa shape index (κ2) is 7.73. The smallest absolute Gasteiger partial charge is 0.146 e. The Hall–Kier alpha value is -3.29. The summed E-state index contributed by atoms with van der Waals surface area (Å²) in [6.07, 6.45) is 1.51. The fourth-order valence-electron chi connectivity index (χ4n) is 2.57. The topological polar surface area (TPSA) is 86.1 Å². The Labute approximate surface area is 152 Å². The minimum Gasteiger partial charge on any atom is -0.497 e. The van der Waals surface area contributed by atoms with Gasteiger partial charge in [-0.15, -0.1) is 0 Å². The number of nitrogens with one attached hydrogen (secondary N) is 2. The molecule has 8 heteroatoms. The molecule has 0 fully saturated rings.